The molecule has 7 heteroatoms. The molecule has 0 unspecified atom stereocenters. The molecule has 7 nitrogen and oxygen atoms in total. The second-order valence-electron chi connectivity index (χ2n) is 7.77. The molecule has 1 aromatic rings. The van der Waals surface area contributed by atoms with Gasteiger partial charge in [0.1, 0.15) is 5.41 Å². The van der Waals surface area contributed by atoms with Crippen molar-refractivity contribution in [3.63, 3.8) is 0 Å². The second kappa shape index (κ2) is 11.3. The van der Waals surface area contributed by atoms with E-state index in [1.807, 2.05) is 27.7 Å². The molecular weight excluding hydrogens is 374 g/mol. The standard InChI is InChI=1S/C22H31NO6/c1-15(2)12-28-20(24)10-22(14-23,11-21(25)29-13-16(3)4)17-7-8-18(26-5)19(9-17)27-6/h7-9,15-16H,10-13H2,1-6H3. The highest BCUT2D eigenvalue weighted by atomic mass is 16.5. The molecule has 0 bridgehead atoms. The van der Waals surface area contributed by atoms with Crippen LogP contribution in [0.3, 0.4) is 0 Å². The molecule has 1 rings (SSSR count). The first-order chi connectivity index (χ1) is 13.7. The third-order valence-corrected chi connectivity index (χ3v) is 4.20. The number of ether oxygens (including phenoxy) is 4. The van der Waals surface area contributed by atoms with E-state index in [1.165, 1.54) is 14.2 Å². The van der Waals surface area contributed by atoms with Crippen molar-refractivity contribution in [2.24, 2.45) is 11.8 Å². The number of carbonyl (C=O) groups excluding carboxylic acids is 2. The number of rotatable bonds is 11. The fraction of sp³-hybridized carbons (Fsp3) is 0.591. The van der Waals surface area contributed by atoms with Crippen LogP contribution < -0.4 is 9.47 Å². The summed E-state index contributed by atoms with van der Waals surface area (Å²) in [5.74, 6) is 0.0991. The fourth-order valence-electron chi connectivity index (χ4n) is 2.66. The van der Waals surface area contributed by atoms with E-state index in [2.05, 4.69) is 6.07 Å². The minimum Gasteiger partial charge on any atom is -0.493 e. The molecule has 1 aromatic carbocycles. The summed E-state index contributed by atoms with van der Waals surface area (Å²) in [6.45, 7) is 8.16. The molecule has 0 spiro atoms. The molecule has 0 N–H and O–H groups in total. The van der Waals surface area contributed by atoms with Crippen LogP contribution in [-0.4, -0.2) is 39.4 Å². The monoisotopic (exact) mass is 405 g/mol. The van der Waals surface area contributed by atoms with Crippen molar-refractivity contribution in [1.29, 1.82) is 5.26 Å². The lowest BCUT2D eigenvalue weighted by molar-refractivity contribution is -0.148. The molecule has 0 saturated heterocycles. The Kier molecular flexibility index (Phi) is 9.46. The summed E-state index contributed by atoms with van der Waals surface area (Å²) in [6.07, 6.45) is -0.551. The minimum absolute atomic E-state index is 0.160. The van der Waals surface area contributed by atoms with Crippen LogP contribution in [0.25, 0.3) is 0 Å². The first kappa shape index (κ1) is 24.3. The highest BCUT2D eigenvalue weighted by molar-refractivity contribution is 5.78. The van der Waals surface area contributed by atoms with Crippen molar-refractivity contribution in [3.8, 4) is 17.6 Å². The number of nitrogens with zero attached hydrogens (tertiary/aromatic N) is 1. The lowest BCUT2D eigenvalue weighted by Crippen LogP contribution is -2.33. The van der Waals surface area contributed by atoms with E-state index in [0.717, 1.165) is 0 Å². The zero-order valence-corrected chi connectivity index (χ0v) is 18.1. The number of esters is 2. The van der Waals surface area contributed by atoms with Crippen LogP contribution in [0, 0.1) is 23.2 Å². The van der Waals surface area contributed by atoms with Gasteiger partial charge in [0.2, 0.25) is 0 Å². The van der Waals surface area contributed by atoms with Crippen molar-refractivity contribution in [2.75, 3.05) is 27.4 Å². The lowest BCUT2D eigenvalue weighted by atomic mass is 9.76. The van der Waals surface area contributed by atoms with E-state index in [4.69, 9.17) is 18.9 Å². The Hall–Kier alpha value is -2.75. The summed E-state index contributed by atoms with van der Waals surface area (Å²) in [4.78, 5) is 24.9. The Bertz CT molecular complexity index is 709. The number of methoxy groups -OCH3 is 2. The quantitative estimate of drug-likeness (QED) is 0.519. The van der Waals surface area contributed by atoms with Crippen LogP contribution in [0.1, 0.15) is 46.1 Å². The summed E-state index contributed by atoms with van der Waals surface area (Å²) in [7, 11) is 2.98. The summed E-state index contributed by atoms with van der Waals surface area (Å²) >= 11 is 0. The van der Waals surface area contributed by atoms with E-state index >= 15 is 0 Å². The van der Waals surface area contributed by atoms with Crippen molar-refractivity contribution in [2.45, 2.75) is 46.0 Å². The number of nitriles is 1. The maximum Gasteiger partial charge on any atom is 0.307 e. The number of benzene rings is 1. The molecule has 160 valence electrons. The Labute approximate surface area is 172 Å². The topological polar surface area (TPSA) is 94.8 Å². The predicted molar refractivity (Wildman–Crippen MR) is 108 cm³/mol. The Morgan fingerprint density at radius 2 is 1.41 bits per heavy atom. The smallest absolute Gasteiger partial charge is 0.307 e. The van der Waals surface area contributed by atoms with E-state index in [0.29, 0.717) is 17.1 Å². The Morgan fingerprint density at radius 3 is 1.79 bits per heavy atom. The van der Waals surface area contributed by atoms with Crippen LogP contribution in [0.2, 0.25) is 0 Å². The SMILES string of the molecule is COc1ccc(C(C#N)(CC(=O)OCC(C)C)CC(=O)OCC(C)C)cc1OC. The molecule has 0 aromatic heterocycles. The molecule has 0 amide bonds. The first-order valence-corrected chi connectivity index (χ1v) is 9.62. The van der Waals surface area contributed by atoms with Gasteiger partial charge in [0.15, 0.2) is 11.5 Å². The molecule has 0 aliphatic carbocycles. The number of hydrogen-bond acceptors (Lipinski definition) is 7. The van der Waals surface area contributed by atoms with Gasteiger partial charge in [0.05, 0.1) is 46.3 Å². The zero-order valence-electron chi connectivity index (χ0n) is 18.1. The molecule has 0 heterocycles. The predicted octanol–water partition coefficient (Wildman–Crippen LogP) is 3.64. The van der Waals surface area contributed by atoms with E-state index in [1.54, 1.807) is 18.2 Å². The molecule has 0 atom stereocenters. The number of hydrogen-bond donors (Lipinski definition) is 0. The van der Waals surface area contributed by atoms with Crippen LogP contribution in [-0.2, 0) is 24.5 Å². The summed E-state index contributed by atoms with van der Waals surface area (Å²) in [6, 6.07) is 7.05. The normalized spacial score (nSPS) is 11.1. The van der Waals surface area contributed by atoms with Crippen molar-refractivity contribution in [1.82, 2.24) is 0 Å². The number of carbonyl (C=O) groups is 2. The molecule has 0 radical (unpaired) electrons. The van der Waals surface area contributed by atoms with E-state index < -0.39 is 17.4 Å². The molecule has 0 fully saturated rings. The maximum atomic E-state index is 12.4. The van der Waals surface area contributed by atoms with Gasteiger partial charge in [-0.3, -0.25) is 9.59 Å². The zero-order chi connectivity index (χ0) is 22.0. The van der Waals surface area contributed by atoms with Crippen molar-refractivity contribution < 1.29 is 28.5 Å². The van der Waals surface area contributed by atoms with Gasteiger partial charge in [0, 0.05) is 0 Å². The average molecular weight is 405 g/mol. The van der Waals surface area contributed by atoms with E-state index in [9.17, 15) is 14.9 Å². The minimum atomic E-state index is -1.44. The average Bonchev–Trinajstić information content (AvgIpc) is 2.69. The third-order valence-electron chi connectivity index (χ3n) is 4.20. The van der Waals surface area contributed by atoms with Gasteiger partial charge in [-0.05, 0) is 29.5 Å². The maximum absolute atomic E-state index is 12.4. The van der Waals surface area contributed by atoms with Gasteiger partial charge >= 0.3 is 11.9 Å². The lowest BCUT2D eigenvalue weighted by Gasteiger charge is -2.26. The highest BCUT2D eigenvalue weighted by Gasteiger charge is 2.39. The molecule has 0 aliphatic heterocycles. The highest BCUT2D eigenvalue weighted by Crippen LogP contribution is 2.38. The van der Waals surface area contributed by atoms with E-state index in [-0.39, 0.29) is 37.9 Å². The molecular formula is C22H31NO6. The van der Waals surface area contributed by atoms with Crippen LogP contribution in [0.4, 0.5) is 0 Å². The van der Waals surface area contributed by atoms with Gasteiger partial charge < -0.3 is 18.9 Å². The largest absolute Gasteiger partial charge is 0.493 e. The summed E-state index contributed by atoms with van der Waals surface area (Å²) < 4.78 is 21.1. The Balaban J connectivity index is 3.26. The van der Waals surface area contributed by atoms with Crippen LogP contribution in [0.5, 0.6) is 11.5 Å². The van der Waals surface area contributed by atoms with Gasteiger partial charge in [-0.25, -0.2) is 0 Å². The third kappa shape index (κ3) is 7.30. The molecule has 0 aliphatic rings. The second-order valence-corrected chi connectivity index (χ2v) is 7.77. The van der Waals surface area contributed by atoms with Crippen molar-refractivity contribution in [3.05, 3.63) is 23.8 Å². The first-order valence-electron chi connectivity index (χ1n) is 9.62. The Morgan fingerprint density at radius 1 is 0.931 bits per heavy atom. The van der Waals surface area contributed by atoms with Crippen molar-refractivity contribution >= 4 is 11.9 Å². The molecule has 0 saturated carbocycles. The van der Waals surface area contributed by atoms with Crippen LogP contribution in [0.15, 0.2) is 18.2 Å². The van der Waals surface area contributed by atoms with Gasteiger partial charge in [0.25, 0.3) is 0 Å². The summed E-state index contributed by atoms with van der Waals surface area (Å²) in [5.41, 5.74) is -0.984. The van der Waals surface area contributed by atoms with Gasteiger partial charge in [-0.2, -0.15) is 5.26 Å². The van der Waals surface area contributed by atoms with Gasteiger partial charge in [-0.1, -0.05) is 33.8 Å². The van der Waals surface area contributed by atoms with Gasteiger partial charge in [-0.15, -0.1) is 0 Å². The molecule has 29 heavy (non-hydrogen) atoms. The van der Waals surface area contributed by atoms with Crippen LogP contribution >= 0.6 is 0 Å². The summed E-state index contributed by atoms with van der Waals surface area (Å²) in [5, 5.41) is 10.0. The fourth-order valence-corrected chi connectivity index (χ4v) is 2.66.